The van der Waals surface area contributed by atoms with Crippen molar-refractivity contribution in [3.63, 3.8) is 0 Å². The van der Waals surface area contributed by atoms with E-state index in [-0.39, 0.29) is 6.54 Å². The van der Waals surface area contributed by atoms with E-state index in [0.717, 1.165) is 11.3 Å². The highest BCUT2D eigenvalue weighted by Gasteiger charge is 2.30. The second-order valence-electron chi connectivity index (χ2n) is 3.41. The second-order valence-corrected chi connectivity index (χ2v) is 3.41. The van der Waals surface area contributed by atoms with Gasteiger partial charge in [0.25, 0.3) is 0 Å². The Bertz CT molecular complexity index is 269. The number of unbranched alkanes of at least 4 members (excludes halogenated alkanes) is 1. The predicted molar refractivity (Wildman–Crippen MR) is 53.1 cm³/mol. The average molecular weight is 256 g/mol. The minimum atomic E-state index is -4.58. The summed E-state index contributed by atoms with van der Waals surface area (Å²) in [5.74, 6) is -0.801. The molecular formula is C9H15F3N2O3. The molecule has 0 atom stereocenters. The Balaban J connectivity index is 4.26. The number of ether oxygens (including phenoxy) is 1. The Morgan fingerprint density at radius 3 is 2.35 bits per heavy atom. The van der Waals surface area contributed by atoms with Gasteiger partial charge in [-0.15, -0.1) is 0 Å². The summed E-state index contributed by atoms with van der Waals surface area (Å²) in [6.45, 7) is -0.149. The fraction of sp³-hybridized carbons (Fsp3) is 0.778. The van der Waals surface area contributed by atoms with E-state index in [9.17, 15) is 22.8 Å². The minimum Gasteiger partial charge on any atom is -0.440 e. The Morgan fingerprint density at radius 1 is 1.35 bits per heavy atom. The van der Waals surface area contributed by atoms with E-state index in [1.165, 1.54) is 0 Å². The molecule has 2 N–H and O–H groups in total. The Hall–Kier alpha value is -1.47. The van der Waals surface area contributed by atoms with Crippen molar-refractivity contribution in [2.75, 3.05) is 19.7 Å². The fourth-order valence-electron chi connectivity index (χ4n) is 1.01. The number of nitrogens with two attached hydrogens (primary N) is 1. The summed E-state index contributed by atoms with van der Waals surface area (Å²) >= 11 is 0. The van der Waals surface area contributed by atoms with Crippen molar-refractivity contribution in [1.82, 2.24) is 4.90 Å². The van der Waals surface area contributed by atoms with Crippen LogP contribution >= 0.6 is 0 Å². The summed E-state index contributed by atoms with van der Waals surface area (Å²) in [7, 11) is 0. The van der Waals surface area contributed by atoms with Crippen LogP contribution in [0.5, 0.6) is 0 Å². The first-order valence-corrected chi connectivity index (χ1v) is 5.03. The lowest BCUT2D eigenvalue weighted by molar-refractivity contribution is -0.162. The van der Waals surface area contributed by atoms with E-state index in [1.807, 2.05) is 6.92 Å². The summed E-state index contributed by atoms with van der Waals surface area (Å²) < 4.78 is 39.4. The number of halogens is 3. The molecule has 0 radical (unpaired) electrons. The number of hydrogen-bond acceptors (Lipinski definition) is 3. The number of carbonyl (C=O) groups is 2. The topological polar surface area (TPSA) is 72.6 Å². The third kappa shape index (κ3) is 8.35. The monoisotopic (exact) mass is 256 g/mol. The molecule has 0 rings (SSSR count). The highest BCUT2D eigenvalue weighted by Crippen LogP contribution is 2.15. The fourth-order valence-corrected chi connectivity index (χ4v) is 1.01. The highest BCUT2D eigenvalue weighted by molar-refractivity contribution is 5.80. The highest BCUT2D eigenvalue weighted by atomic mass is 19.4. The summed E-state index contributed by atoms with van der Waals surface area (Å²) in [5, 5.41) is 0. The molecule has 5 nitrogen and oxygen atoms in total. The number of alkyl halides is 3. The van der Waals surface area contributed by atoms with Crippen molar-refractivity contribution in [2.24, 2.45) is 5.73 Å². The third-order valence-electron chi connectivity index (χ3n) is 1.75. The molecule has 2 amide bonds. The van der Waals surface area contributed by atoms with Crippen LogP contribution in [0.15, 0.2) is 0 Å². The smallest absolute Gasteiger partial charge is 0.422 e. The van der Waals surface area contributed by atoms with E-state index in [0.29, 0.717) is 6.42 Å². The van der Waals surface area contributed by atoms with E-state index >= 15 is 0 Å². The third-order valence-corrected chi connectivity index (χ3v) is 1.75. The molecule has 0 spiro atoms. The maximum Gasteiger partial charge on any atom is 0.422 e. The number of amides is 2. The van der Waals surface area contributed by atoms with Gasteiger partial charge in [-0.2, -0.15) is 13.2 Å². The number of carbonyl (C=O) groups excluding carboxylic acids is 2. The number of nitrogens with zero attached hydrogens (tertiary/aromatic N) is 1. The summed E-state index contributed by atoms with van der Waals surface area (Å²) in [6, 6.07) is 0. The Labute approximate surface area is 96.7 Å². The molecule has 100 valence electrons. The predicted octanol–water partition coefficient (Wildman–Crippen LogP) is 1.27. The molecule has 0 saturated carbocycles. The van der Waals surface area contributed by atoms with Crippen LogP contribution in [0.3, 0.4) is 0 Å². The number of hydrogen-bond donors (Lipinski definition) is 1. The van der Waals surface area contributed by atoms with Crippen LogP contribution in [0.1, 0.15) is 19.8 Å². The van der Waals surface area contributed by atoms with E-state index in [2.05, 4.69) is 4.74 Å². The molecule has 0 unspecified atom stereocenters. The summed E-state index contributed by atoms with van der Waals surface area (Å²) in [4.78, 5) is 22.7. The molecule has 0 aliphatic rings. The normalized spacial score (nSPS) is 11.1. The van der Waals surface area contributed by atoms with Gasteiger partial charge in [0.15, 0.2) is 6.61 Å². The number of rotatable bonds is 6. The van der Waals surface area contributed by atoms with Crippen molar-refractivity contribution in [3.8, 4) is 0 Å². The van der Waals surface area contributed by atoms with Crippen molar-refractivity contribution < 1.29 is 27.5 Å². The Kier molecular flexibility index (Phi) is 6.37. The lowest BCUT2D eigenvalue weighted by Gasteiger charge is -2.20. The lowest BCUT2D eigenvalue weighted by Crippen LogP contribution is -2.40. The van der Waals surface area contributed by atoms with E-state index in [4.69, 9.17) is 5.73 Å². The van der Waals surface area contributed by atoms with E-state index in [1.54, 1.807) is 0 Å². The standard InChI is InChI=1S/C9H15F3N2O3/c1-2-3-4-14(5-7(13)15)8(16)17-6-9(10,11)12/h2-6H2,1H3,(H2,13,15). The maximum absolute atomic E-state index is 11.8. The molecule has 0 saturated heterocycles. The molecule has 0 aromatic carbocycles. The number of primary amides is 1. The first-order chi connectivity index (χ1) is 7.76. The SMILES string of the molecule is CCCCN(CC(N)=O)C(=O)OCC(F)(F)F. The van der Waals surface area contributed by atoms with Gasteiger partial charge < -0.3 is 10.5 Å². The van der Waals surface area contributed by atoms with Gasteiger partial charge in [0.1, 0.15) is 6.54 Å². The van der Waals surface area contributed by atoms with Crippen LogP contribution in [-0.2, 0) is 9.53 Å². The van der Waals surface area contributed by atoms with Gasteiger partial charge in [-0.3, -0.25) is 9.69 Å². The van der Waals surface area contributed by atoms with Gasteiger partial charge in [0.05, 0.1) is 0 Å². The molecule has 0 aromatic heterocycles. The molecule has 0 fully saturated rings. The van der Waals surface area contributed by atoms with Crippen LogP contribution in [0.2, 0.25) is 0 Å². The van der Waals surface area contributed by atoms with Crippen LogP contribution in [0.4, 0.5) is 18.0 Å². The van der Waals surface area contributed by atoms with Crippen LogP contribution in [0, 0.1) is 0 Å². The van der Waals surface area contributed by atoms with Crippen molar-refractivity contribution >= 4 is 12.0 Å². The molecule has 0 aliphatic heterocycles. The molecule has 0 aliphatic carbocycles. The van der Waals surface area contributed by atoms with Crippen LogP contribution < -0.4 is 5.73 Å². The molecule has 8 heteroatoms. The van der Waals surface area contributed by atoms with Gasteiger partial charge >= 0.3 is 12.3 Å². The molecule has 17 heavy (non-hydrogen) atoms. The van der Waals surface area contributed by atoms with Gasteiger partial charge in [0, 0.05) is 6.54 Å². The van der Waals surface area contributed by atoms with Gasteiger partial charge in [-0.05, 0) is 6.42 Å². The average Bonchev–Trinajstić information content (AvgIpc) is 2.19. The van der Waals surface area contributed by atoms with Crippen LogP contribution in [0.25, 0.3) is 0 Å². The summed E-state index contributed by atoms with van der Waals surface area (Å²) in [5.41, 5.74) is 4.87. The van der Waals surface area contributed by atoms with Gasteiger partial charge in [-0.1, -0.05) is 13.3 Å². The van der Waals surface area contributed by atoms with Gasteiger partial charge in [-0.25, -0.2) is 4.79 Å². The molecule has 0 bridgehead atoms. The molecule has 0 aromatic rings. The molecular weight excluding hydrogens is 241 g/mol. The zero-order chi connectivity index (χ0) is 13.5. The lowest BCUT2D eigenvalue weighted by atomic mass is 10.3. The zero-order valence-electron chi connectivity index (χ0n) is 9.42. The van der Waals surface area contributed by atoms with Crippen LogP contribution in [-0.4, -0.2) is 42.8 Å². The quantitative estimate of drug-likeness (QED) is 0.777. The van der Waals surface area contributed by atoms with Crippen molar-refractivity contribution in [1.29, 1.82) is 0 Å². The zero-order valence-corrected chi connectivity index (χ0v) is 9.42. The minimum absolute atomic E-state index is 0.135. The first kappa shape index (κ1) is 15.5. The van der Waals surface area contributed by atoms with E-state index < -0.39 is 31.3 Å². The van der Waals surface area contributed by atoms with Gasteiger partial charge in [0.2, 0.25) is 5.91 Å². The first-order valence-electron chi connectivity index (χ1n) is 5.03. The van der Waals surface area contributed by atoms with Crippen molar-refractivity contribution in [3.05, 3.63) is 0 Å². The summed E-state index contributed by atoms with van der Waals surface area (Å²) in [6.07, 6.45) is -4.50. The Morgan fingerprint density at radius 2 is 1.94 bits per heavy atom. The molecule has 0 heterocycles. The van der Waals surface area contributed by atoms with Crippen molar-refractivity contribution in [2.45, 2.75) is 25.9 Å². The second kappa shape index (κ2) is 6.97. The largest absolute Gasteiger partial charge is 0.440 e. The maximum atomic E-state index is 11.8.